The van der Waals surface area contributed by atoms with Crippen LogP contribution in [0, 0.1) is 5.92 Å². The van der Waals surface area contributed by atoms with Gasteiger partial charge in [0.15, 0.2) is 12.2 Å². The van der Waals surface area contributed by atoms with Crippen molar-refractivity contribution in [2.24, 2.45) is 5.92 Å². The van der Waals surface area contributed by atoms with E-state index < -0.39 is 97.5 Å². The Morgan fingerprint density at radius 2 is 0.460 bits per heavy atom. The third kappa shape index (κ3) is 74.3. The van der Waals surface area contributed by atoms with Gasteiger partial charge in [0, 0.05) is 25.7 Å². The predicted octanol–water partition coefficient (Wildman–Crippen LogP) is 24.4. The van der Waals surface area contributed by atoms with Crippen molar-refractivity contribution >= 4 is 39.5 Å². The van der Waals surface area contributed by atoms with E-state index in [9.17, 15) is 43.2 Å². The highest BCUT2D eigenvalue weighted by Crippen LogP contribution is 2.45. The first-order valence-corrected chi connectivity index (χ1v) is 45.1. The maximum Gasteiger partial charge on any atom is 0.472 e. The molecule has 0 spiro atoms. The van der Waals surface area contributed by atoms with E-state index in [-0.39, 0.29) is 25.7 Å². The lowest BCUT2D eigenvalue weighted by Crippen LogP contribution is -2.30. The molecule has 0 saturated heterocycles. The zero-order valence-corrected chi connectivity index (χ0v) is 67.1. The van der Waals surface area contributed by atoms with Gasteiger partial charge in [-0.1, -0.05) is 381 Å². The summed E-state index contributed by atoms with van der Waals surface area (Å²) in [7, 11) is -9.92. The van der Waals surface area contributed by atoms with Crippen LogP contribution in [0.5, 0.6) is 0 Å². The van der Waals surface area contributed by atoms with Gasteiger partial charge in [-0.15, -0.1) is 0 Å². The number of aliphatic hydroxyl groups excluding tert-OH is 1. The number of rotatable bonds is 81. The Morgan fingerprint density at radius 1 is 0.270 bits per heavy atom. The first kappa shape index (κ1) is 98.1. The van der Waals surface area contributed by atoms with Gasteiger partial charge in [-0.3, -0.25) is 37.3 Å². The Morgan fingerprint density at radius 3 is 0.680 bits per heavy atom. The molecule has 0 aromatic carbocycles. The van der Waals surface area contributed by atoms with Crippen LogP contribution >= 0.6 is 15.6 Å². The van der Waals surface area contributed by atoms with Gasteiger partial charge in [-0.05, 0) is 31.6 Å². The molecule has 0 bridgehead atoms. The molecule has 0 fully saturated rings. The minimum Gasteiger partial charge on any atom is -0.462 e. The maximum atomic E-state index is 13.1. The minimum absolute atomic E-state index is 0.108. The van der Waals surface area contributed by atoms with E-state index >= 15 is 0 Å². The van der Waals surface area contributed by atoms with Crippen molar-refractivity contribution in [3.8, 4) is 0 Å². The van der Waals surface area contributed by atoms with E-state index in [2.05, 4.69) is 34.6 Å². The van der Waals surface area contributed by atoms with Crippen LogP contribution in [-0.2, 0) is 65.4 Å². The average molecular weight is 1470 g/mol. The fraction of sp³-hybridized carbons (Fsp3) is 0.951. The molecule has 0 amide bonds. The number of phosphoric ester groups is 2. The van der Waals surface area contributed by atoms with Gasteiger partial charge in [0.2, 0.25) is 0 Å². The highest BCUT2D eigenvalue weighted by atomic mass is 31.2. The molecule has 5 atom stereocenters. The SMILES string of the molecule is CCCCCCCCCCCCCCCCCC(=O)OC[C@H](COP(=O)(O)OC[C@@H](O)COP(=O)(O)OC[C@@H](COC(=O)CCCCCCCCCCCCCCC)OC(=O)CCCCCCCCCCCCCCCCC)OC(=O)CCCCCCCCCCCCCCCCC(C)C. The van der Waals surface area contributed by atoms with E-state index in [1.165, 1.54) is 257 Å². The van der Waals surface area contributed by atoms with Crippen molar-refractivity contribution in [3.63, 3.8) is 0 Å². The van der Waals surface area contributed by atoms with Gasteiger partial charge in [0.25, 0.3) is 0 Å². The van der Waals surface area contributed by atoms with Crippen LogP contribution in [-0.4, -0.2) is 96.7 Å². The van der Waals surface area contributed by atoms with Crippen LogP contribution in [0.2, 0.25) is 0 Å². The predicted molar refractivity (Wildman–Crippen MR) is 409 cm³/mol. The van der Waals surface area contributed by atoms with Gasteiger partial charge in [-0.2, -0.15) is 0 Å². The van der Waals surface area contributed by atoms with Crippen molar-refractivity contribution in [1.82, 2.24) is 0 Å². The fourth-order valence-corrected chi connectivity index (χ4v) is 14.2. The summed E-state index contributed by atoms with van der Waals surface area (Å²) in [6.45, 7) is 7.37. The molecule has 0 rings (SSSR count). The van der Waals surface area contributed by atoms with Crippen LogP contribution in [0.4, 0.5) is 0 Å². The smallest absolute Gasteiger partial charge is 0.462 e. The Hall–Kier alpha value is -1.94. The number of hydrogen-bond acceptors (Lipinski definition) is 15. The van der Waals surface area contributed by atoms with Gasteiger partial charge in [0.1, 0.15) is 19.3 Å². The van der Waals surface area contributed by atoms with Crippen LogP contribution in [0.3, 0.4) is 0 Å². The fourth-order valence-electron chi connectivity index (χ4n) is 12.6. The zero-order valence-electron chi connectivity index (χ0n) is 65.3. The van der Waals surface area contributed by atoms with Gasteiger partial charge in [0.05, 0.1) is 26.4 Å². The van der Waals surface area contributed by atoms with E-state index in [1.54, 1.807) is 0 Å². The summed E-state index contributed by atoms with van der Waals surface area (Å²) in [6, 6.07) is 0. The molecule has 17 nitrogen and oxygen atoms in total. The maximum absolute atomic E-state index is 13.1. The summed E-state index contributed by atoms with van der Waals surface area (Å²) in [5, 5.41) is 10.7. The Labute approximate surface area is 613 Å². The summed E-state index contributed by atoms with van der Waals surface area (Å²) >= 11 is 0. The Kier molecular flexibility index (Phi) is 72.5. The molecular weight excluding hydrogens is 1310 g/mol. The summed E-state index contributed by atoms with van der Waals surface area (Å²) in [5.41, 5.74) is 0. The molecule has 19 heteroatoms. The second-order valence-electron chi connectivity index (χ2n) is 29.6. The normalized spacial score (nSPS) is 13.8. The molecule has 0 aromatic heterocycles. The Bertz CT molecular complexity index is 1910. The van der Waals surface area contributed by atoms with E-state index in [0.29, 0.717) is 25.7 Å². The molecular formula is C81H158O17P2. The molecule has 0 radical (unpaired) electrons. The molecule has 0 aliphatic carbocycles. The summed E-state index contributed by atoms with van der Waals surface area (Å²) in [5.74, 6) is -1.31. The first-order chi connectivity index (χ1) is 48.5. The third-order valence-corrected chi connectivity index (χ3v) is 20.9. The molecule has 0 aliphatic rings. The van der Waals surface area contributed by atoms with Crippen molar-refractivity contribution in [2.75, 3.05) is 39.6 Å². The number of hydrogen-bond donors (Lipinski definition) is 3. The van der Waals surface area contributed by atoms with Crippen LogP contribution < -0.4 is 0 Å². The van der Waals surface area contributed by atoms with Crippen molar-refractivity contribution in [1.29, 1.82) is 0 Å². The second kappa shape index (κ2) is 73.9. The topological polar surface area (TPSA) is 237 Å². The van der Waals surface area contributed by atoms with Gasteiger partial charge in [-0.25, -0.2) is 9.13 Å². The first-order valence-electron chi connectivity index (χ1n) is 42.1. The van der Waals surface area contributed by atoms with Crippen molar-refractivity contribution in [3.05, 3.63) is 0 Å². The number of carbonyl (C=O) groups is 4. The monoisotopic (exact) mass is 1470 g/mol. The lowest BCUT2D eigenvalue weighted by Gasteiger charge is -2.21. The molecule has 0 saturated carbocycles. The lowest BCUT2D eigenvalue weighted by atomic mass is 10.0. The summed E-state index contributed by atoms with van der Waals surface area (Å²) in [4.78, 5) is 73.1. The van der Waals surface area contributed by atoms with Crippen LogP contribution in [0.15, 0.2) is 0 Å². The number of ether oxygens (including phenoxy) is 4. The molecule has 594 valence electrons. The lowest BCUT2D eigenvalue weighted by molar-refractivity contribution is -0.161. The van der Waals surface area contributed by atoms with E-state index in [0.717, 1.165) is 95.8 Å². The standard InChI is InChI=1S/C81H158O17P2/c1-6-9-12-15-18-21-24-27-29-35-40-45-50-55-60-65-79(84)92-71-77(98-81(86)67-62-57-52-47-42-37-32-31-34-38-43-48-53-58-63-74(4)5)73-96-100(89,90)94-69-75(82)68-93-99(87,88)95-72-76(70-91-78(83)64-59-54-49-44-39-33-26-23-20-17-14-11-8-3)97-80(85)66-61-56-51-46-41-36-30-28-25-22-19-16-13-10-7-2/h74-77,82H,6-73H2,1-5H3,(H,87,88)(H,89,90)/t75-,76+,77+/m0/s1. The quantitative estimate of drug-likeness (QED) is 0.0222. The Balaban J connectivity index is 5.27. The summed E-state index contributed by atoms with van der Waals surface area (Å²) in [6.07, 6.45) is 65.0. The molecule has 2 unspecified atom stereocenters. The van der Waals surface area contributed by atoms with Crippen molar-refractivity contribution < 1.29 is 80.2 Å². The number of aliphatic hydroxyl groups is 1. The molecule has 3 N–H and O–H groups in total. The highest BCUT2D eigenvalue weighted by Gasteiger charge is 2.30. The van der Waals surface area contributed by atoms with Crippen LogP contribution in [0.25, 0.3) is 0 Å². The number of unbranched alkanes of at least 4 members (excludes halogenated alkanes) is 53. The van der Waals surface area contributed by atoms with Gasteiger partial charge >= 0.3 is 39.5 Å². The van der Waals surface area contributed by atoms with Gasteiger partial charge < -0.3 is 33.8 Å². The minimum atomic E-state index is -4.96. The third-order valence-electron chi connectivity index (χ3n) is 19.0. The molecule has 100 heavy (non-hydrogen) atoms. The molecule has 0 aromatic rings. The number of esters is 4. The van der Waals surface area contributed by atoms with Crippen LogP contribution in [0.1, 0.15) is 433 Å². The van der Waals surface area contributed by atoms with Crippen molar-refractivity contribution in [2.45, 2.75) is 451 Å². The van der Waals surface area contributed by atoms with E-state index in [4.69, 9.17) is 37.0 Å². The largest absolute Gasteiger partial charge is 0.472 e. The second-order valence-corrected chi connectivity index (χ2v) is 32.5. The average Bonchev–Trinajstić information content (AvgIpc) is 0.924. The summed E-state index contributed by atoms with van der Waals surface area (Å²) < 4.78 is 68.8. The van der Waals surface area contributed by atoms with E-state index in [1.807, 2.05) is 0 Å². The molecule has 0 aliphatic heterocycles. The zero-order chi connectivity index (χ0) is 73.4. The number of carbonyl (C=O) groups excluding carboxylic acids is 4. The molecule has 0 heterocycles. The highest BCUT2D eigenvalue weighted by molar-refractivity contribution is 7.47. The number of phosphoric acid groups is 2.